The summed E-state index contributed by atoms with van der Waals surface area (Å²) in [6, 6.07) is 0. The SMILES string of the molecule is CC1CCCCC2C(O)CCC(O)C2CC(=O)O1. The first-order chi connectivity index (χ1) is 8.58. The molecule has 0 aromatic rings. The van der Waals surface area contributed by atoms with E-state index in [1.807, 2.05) is 6.92 Å². The molecule has 0 aromatic heterocycles. The average molecular weight is 256 g/mol. The summed E-state index contributed by atoms with van der Waals surface area (Å²) in [5.41, 5.74) is 0. The first-order valence-corrected chi connectivity index (χ1v) is 7.13. The quantitative estimate of drug-likeness (QED) is 0.646. The highest BCUT2D eigenvalue weighted by molar-refractivity contribution is 5.70. The Morgan fingerprint density at radius 2 is 1.61 bits per heavy atom. The van der Waals surface area contributed by atoms with Crippen molar-refractivity contribution in [2.24, 2.45) is 11.8 Å². The molecular weight excluding hydrogens is 232 g/mol. The Morgan fingerprint density at radius 1 is 1.00 bits per heavy atom. The van der Waals surface area contributed by atoms with Crippen LogP contribution in [-0.4, -0.2) is 34.5 Å². The molecule has 0 radical (unpaired) electrons. The van der Waals surface area contributed by atoms with Gasteiger partial charge in [-0.05, 0) is 44.9 Å². The van der Waals surface area contributed by atoms with E-state index in [1.54, 1.807) is 0 Å². The molecule has 104 valence electrons. The smallest absolute Gasteiger partial charge is 0.306 e. The van der Waals surface area contributed by atoms with Crippen LogP contribution in [0.2, 0.25) is 0 Å². The molecule has 1 saturated heterocycles. The minimum Gasteiger partial charge on any atom is -0.463 e. The van der Waals surface area contributed by atoms with E-state index in [-0.39, 0.29) is 36.4 Å². The third-order valence-corrected chi connectivity index (χ3v) is 4.43. The molecule has 18 heavy (non-hydrogen) atoms. The predicted molar refractivity (Wildman–Crippen MR) is 66.9 cm³/mol. The van der Waals surface area contributed by atoms with Gasteiger partial charge in [-0.15, -0.1) is 0 Å². The fourth-order valence-corrected chi connectivity index (χ4v) is 3.37. The van der Waals surface area contributed by atoms with E-state index in [1.165, 1.54) is 0 Å². The Morgan fingerprint density at radius 3 is 2.33 bits per heavy atom. The number of hydrogen-bond donors (Lipinski definition) is 2. The lowest BCUT2D eigenvalue weighted by Gasteiger charge is -2.39. The molecule has 4 nitrogen and oxygen atoms in total. The summed E-state index contributed by atoms with van der Waals surface area (Å²) in [6.07, 6.45) is 4.45. The number of aliphatic hydroxyl groups excluding tert-OH is 2. The third kappa shape index (κ3) is 3.23. The van der Waals surface area contributed by atoms with Crippen molar-refractivity contribution in [1.82, 2.24) is 0 Å². The Hall–Kier alpha value is -0.610. The van der Waals surface area contributed by atoms with Gasteiger partial charge in [0, 0.05) is 5.92 Å². The molecule has 0 spiro atoms. The molecule has 2 fully saturated rings. The minimum absolute atomic E-state index is 0.0280. The lowest BCUT2D eigenvalue weighted by molar-refractivity contribution is -0.154. The largest absolute Gasteiger partial charge is 0.463 e. The van der Waals surface area contributed by atoms with Crippen LogP contribution >= 0.6 is 0 Å². The Kier molecular flexibility index (Phi) is 4.62. The number of carbonyl (C=O) groups excluding carboxylic acids is 1. The van der Waals surface area contributed by atoms with E-state index < -0.39 is 6.10 Å². The summed E-state index contributed by atoms with van der Waals surface area (Å²) >= 11 is 0. The summed E-state index contributed by atoms with van der Waals surface area (Å²) in [7, 11) is 0. The van der Waals surface area contributed by atoms with Gasteiger partial charge in [0.15, 0.2) is 0 Å². The van der Waals surface area contributed by atoms with Crippen molar-refractivity contribution in [2.45, 2.75) is 70.2 Å². The van der Waals surface area contributed by atoms with E-state index >= 15 is 0 Å². The number of aliphatic hydroxyl groups is 2. The first kappa shape index (κ1) is 13.8. The lowest BCUT2D eigenvalue weighted by Crippen LogP contribution is -2.42. The molecule has 1 aliphatic carbocycles. The second kappa shape index (κ2) is 6.02. The van der Waals surface area contributed by atoms with Gasteiger partial charge in [-0.25, -0.2) is 0 Å². The molecule has 0 bridgehead atoms. The van der Waals surface area contributed by atoms with E-state index in [9.17, 15) is 15.0 Å². The van der Waals surface area contributed by atoms with Gasteiger partial charge in [-0.3, -0.25) is 4.79 Å². The average Bonchev–Trinajstić information content (AvgIpc) is 2.31. The topological polar surface area (TPSA) is 66.8 Å². The fraction of sp³-hybridized carbons (Fsp3) is 0.929. The van der Waals surface area contributed by atoms with Gasteiger partial charge in [0.25, 0.3) is 0 Å². The number of cyclic esters (lactones) is 1. The summed E-state index contributed by atoms with van der Waals surface area (Å²) in [4.78, 5) is 11.8. The number of esters is 1. The van der Waals surface area contributed by atoms with Crippen molar-refractivity contribution in [3.63, 3.8) is 0 Å². The van der Waals surface area contributed by atoms with Crippen molar-refractivity contribution in [3.05, 3.63) is 0 Å². The third-order valence-electron chi connectivity index (χ3n) is 4.43. The second-order valence-electron chi connectivity index (χ2n) is 5.83. The van der Waals surface area contributed by atoms with Gasteiger partial charge >= 0.3 is 5.97 Å². The van der Waals surface area contributed by atoms with Crippen LogP contribution in [0.25, 0.3) is 0 Å². The molecule has 1 aliphatic heterocycles. The van der Waals surface area contributed by atoms with Gasteiger partial charge in [0.1, 0.15) is 0 Å². The van der Waals surface area contributed by atoms with E-state index in [0.29, 0.717) is 12.8 Å². The normalized spacial score (nSPS) is 42.8. The van der Waals surface area contributed by atoms with Gasteiger partial charge in [-0.1, -0.05) is 6.42 Å². The monoisotopic (exact) mass is 256 g/mol. The summed E-state index contributed by atoms with van der Waals surface area (Å²) < 4.78 is 5.33. The minimum atomic E-state index is -0.472. The maximum absolute atomic E-state index is 11.8. The van der Waals surface area contributed by atoms with Crippen molar-refractivity contribution in [2.75, 3.05) is 0 Å². The molecule has 1 heterocycles. The molecular formula is C14H24O4. The van der Waals surface area contributed by atoms with Crippen molar-refractivity contribution in [3.8, 4) is 0 Å². The van der Waals surface area contributed by atoms with Crippen LogP contribution in [0.3, 0.4) is 0 Å². The fourth-order valence-electron chi connectivity index (χ4n) is 3.37. The molecule has 2 rings (SSSR count). The summed E-state index contributed by atoms with van der Waals surface area (Å²) in [5, 5.41) is 20.1. The van der Waals surface area contributed by atoms with Crippen LogP contribution in [0, 0.1) is 11.8 Å². The Bertz CT molecular complexity index is 292. The molecule has 0 amide bonds. The lowest BCUT2D eigenvalue weighted by atomic mass is 9.71. The van der Waals surface area contributed by atoms with Crippen molar-refractivity contribution < 1.29 is 19.7 Å². The van der Waals surface area contributed by atoms with Crippen LogP contribution in [0.4, 0.5) is 0 Å². The summed E-state index contributed by atoms with van der Waals surface area (Å²) in [6.45, 7) is 1.92. The van der Waals surface area contributed by atoms with E-state index in [2.05, 4.69) is 0 Å². The van der Waals surface area contributed by atoms with Crippen molar-refractivity contribution >= 4 is 5.97 Å². The molecule has 5 atom stereocenters. The molecule has 2 aliphatic rings. The van der Waals surface area contributed by atoms with Crippen LogP contribution in [0.5, 0.6) is 0 Å². The standard InChI is InChI=1S/C14H24O4/c1-9-4-2-3-5-10-11(8-14(17)18-9)13(16)7-6-12(10)15/h9-13,15-16H,2-8H2,1H3. The number of ether oxygens (including phenoxy) is 1. The number of rotatable bonds is 0. The van der Waals surface area contributed by atoms with Gasteiger partial charge in [-0.2, -0.15) is 0 Å². The van der Waals surface area contributed by atoms with E-state index in [4.69, 9.17) is 4.74 Å². The zero-order valence-electron chi connectivity index (χ0n) is 11.0. The highest BCUT2D eigenvalue weighted by Crippen LogP contribution is 2.37. The van der Waals surface area contributed by atoms with Crippen LogP contribution in [-0.2, 0) is 9.53 Å². The number of hydrogen-bond acceptors (Lipinski definition) is 4. The van der Waals surface area contributed by atoms with E-state index in [0.717, 1.165) is 25.7 Å². The zero-order chi connectivity index (χ0) is 13.1. The van der Waals surface area contributed by atoms with Gasteiger partial charge in [0.05, 0.1) is 24.7 Å². The predicted octanol–water partition coefficient (Wildman–Crippen LogP) is 1.63. The van der Waals surface area contributed by atoms with Crippen LogP contribution in [0.1, 0.15) is 51.9 Å². The van der Waals surface area contributed by atoms with Crippen LogP contribution < -0.4 is 0 Å². The number of fused-ring (bicyclic) bond motifs is 1. The van der Waals surface area contributed by atoms with Crippen LogP contribution in [0.15, 0.2) is 0 Å². The van der Waals surface area contributed by atoms with Gasteiger partial charge in [0.2, 0.25) is 0 Å². The highest BCUT2D eigenvalue weighted by atomic mass is 16.5. The maximum atomic E-state index is 11.8. The molecule has 2 N–H and O–H groups in total. The maximum Gasteiger partial charge on any atom is 0.306 e. The Labute approximate surface area is 108 Å². The highest BCUT2D eigenvalue weighted by Gasteiger charge is 2.39. The molecule has 0 aromatic carbocycles. The number of carbonyl (C=O) groups is 1. The summed E-state index contributed by atoms with van der Waals surface area (Å²) in [5.74, 6) is -0.311. The van der Waals surface area contributed by atoms with Crippen molar-refractivity contribution in [1.29, 1.82) is 0 Å². The molecule has 1 saturated carbocycles. The second-order valence-corrected chi connectivity index (χ2v) is 5.83. The first-order valence-electron chi connectivity index (χ1n) is 7.13. The molecule has 4 heteroatoms. The van der Waals surface area contributed by atoms with Gasteiger partial charge < -0.3 is 14.9 Å². The molecule has 5 unspecified atom stereocenters. The zero-order valence-corrected chi connectivity index (χ0v) is 11.0. The Balaban J connectivity index is 2.08.